The van der Waals surface area contributed by atoms with Gasteiger partial charge in [0.2, 0.25) is 5.91 Å². The molecule has 4 nitrogen and oxygen atoms in total. The molecule has 0 saturated carbocycles. The molecule has 1 amide bonds. The maximum absolute atomic E-state index is 11.4. The van der Waals surface area contributed by atoms with E-state index >= 15 is 0 Å². The van der Waals surface area contributed by atoms with Crippen LogP contribution >= 0.6 is 12.4 Å². The molecule has 0 unspecified atom stereocenters. The average Bonchev–Trinajstić information content (AvgIpc) is 2.29. The lowest BCUT2D eigenvalue weighted by Gasteiger charge is -2.20. The van der Waals surface area contributed by atoms with Crippen molar-refractivity contribution >= 4 is 24.0 Å². The summed E-state index contributed by atoms with van der Waals surface area (Å²) < 4.78 is 0. The Morgan fingerprint density at radius 3 is 2.72 bits per heavy atom. The number of halogens is 1. The number of hydrogen-bond donors (Lipinski definition) is 2. The highest BCUT2D eigenvalue weighted by Crippen LogP contribution is 2.09. The third-order valence-corrected chi connectivity index (χ3v) is 2.54. The van der Waals surface area contributed by atoms with Gasteiger partial charge >= 0.3 is 0 Å². The molecule has 1 rings (SSSR count). The molecule has 0 spiro atoms. The van der Waals surface area contributed by atoms with Gasteiger partial charge in [0.25, 0.3) is 0 Å². The summed E-state index contributed by atoms with van der Waals surface area (Å²) in [6.45, 7) is 4.20. The fourth-order valence-electron chi connectivity index (χ4n) is 1.76. The van der Waals surface area contributed by atoms with E-state index in [1.807, 2.05) is 24.3 Å². The summed E-state index contributed by atoms with van der Waals surface area (Å²) in [6, 6.07) is 7.79. The Morgan fingerprint density at radius 2 is 2.17 bits per heavy atom. The van der Waals surface area contributed by atoms with Crippen LogP contribution in [0.1, 0.15) is 18.9 Å². The number of carbonyl (C=O) groups excluding carboxylic acids is 1. The molecule has 0 heterocycles. The number of anilines is 1. The van der Waals surface area contributed by atoms with E-state index in [0.717, 1.165) is 30.8 Å². The average molecular weight is 272 g/mol. The van der Waals surface area contributed by atoms with Crippen molar-refractivity contribution in [2.45, 2.75) is 19.9 Å². The Balaban J connectivity index is 0.00000289. The second kappa shape index (κ2) is 8.78. The minimum atomic E-state index is 0. The molecule has 1 aromatic carbocycles. The van der Waals surface area contributed by atoms with Gasteiger partial charge in [0.1, 0.15) is 0 Å². The number of amides is 1. The zero-order valence-corrected chi connectivity index (χ0v) is 11.8. The molecule has 0 aliphatic heterocycles. The van der Waals surface area contributed by atoms with Gasteiger partial charge in [-0.25, -0.2) is 0 Å². The van der Waals surface area contributed by atoms with E-state index in [1.165, 1.54) is 0 Å². The molecular weight excluding hydrogens is 250 g/mol. The lowest BCUT2D eigenvalue weighted by Crippen LogP contribution is -2.35. The van der Waals surface area contributed by atoms with Gasteiger partial charge in [-0.05, 0) is 30.7 Å². The molecule has 0 fully saturated rings. The molecule has 5 heteroatoms. The Kier molecular flexibility index (Phi) is 8.16. The molecule has 3 N–H and O–H groups in total. The smallest absolute Gasteiger partial charge is 0.233 e. The first-order valence-corrected chi connectivity index (χ1v) is 5.93. The van der Waals surface area contributed by atoms with Crippen LogP contribution in [0.15, 0.2) is 24.3 Å². The maximum atomic E-state index is 11.4. The molecule has 0 radical (unpaired) electrons. The highest BCUT2D eigenvalue weighted by molar-refractivity contribution is 5.85. The lowest BCUT2D eigenvalue weighted by molar-refractivity contribution is -0.121. The lowest BCUT2D eigenvalue weighted by atomic mass is 10.2. The quantitative estimate of drug-likeness (QED) is 0.774. The molecule has 18 heavy (non-hydrogen) atoms. The molecule has 0 aliphatic rings. The third kappa shape index (κ3) is 5.89. The predicted octanol–water partition coefficient (Wildman–Crippen LogP) is 1.65. The molecule has 0 aliphatic carbocycles. The van der Waals surface area contributed by atoms with Gasteiger partial charge in [-0.3, -0.25) is 9.69 Å². The number of rotatable bonds is 6. The van der Waals surface area contributed by atoms with Crippen molar-refractivity contribution in [3.05, 3.63) is 29.8 Å². The first-order chi connectivity index (χ1) is 8.15. The monoisotopic (exact) mass is 271 g/mol. The van der Waals surface area contributed by atoms with Crippen molar-refractivity contribution in [1.29, 1.82) is 0 Å². The highest BCUT2D eigenvalue weighted by Gasteiger charge is 2.09. The van der Waals surface area contributed by atoms with Crippen molar-refractivity contribution in [1.82, 2.24) is 10.2 Å². The third-order valence-electron chi connectivity index (χ3n) is 2.54. The van der Waals surface area contributed by atoms with E-state index in [9.17, 15) is 4.79 Å². The van der Waals surface area contributed by atoms with Crippen molar-refractivity contribution in [2.75, 3.05) is 25.9 Å². The normalized spacial score (nSPS) is 9.94. The second-order valence-electron chi connectivity index (χ2n) is 4.13. The van der Waals surface area contributed by atoms with Crippen molar-refractivity contribution in [3.8, 4) is 0 Å². The fourth-order valence-corrected chi connectivity index (χ4v) is 1.76. The summed E-state index contributed by atoms with van der Waals surface area (Å²) in [6.07, 6.45) is 1.03. The number of carbonyl (C=O) groups is 1. The van der Waals surface area contributed by atoms with Crippen molar-refractivity contribution in [2.24, 2.45) is 0 Å². The van der Waals surface area contributed by atoms with E-state index in [-0.39, 0.29) is 18.3 Å². The van der Waals surface area contributed by atoms with Gasteiger partial charge in [0, 0.05) is 19.3 Å². The van der Waals surface area contributed by atoms with Gasteiger partial charge < -0.3 is 11.1 Å². The zero-order chi connectivity index (χ0) is 12.7. The van der Waals surface area contributed by atoms with Gasteiger partial charge in [-0.15, -0.1) is 12.4 Å². The van der Waals surface area contributed by atoms with Gasteiger partial charge in [-0.2, -0.15) is 0 Å². The first-order valence-electron chi connectivity index (χ1n) is 5.93. The van der Waals surface area contributed by atoms with Crippen molar-refractivity contribution in [3.63, 3.8) is 0 Å². The molecule has 0 aromatic heterocycles. The maximum Gasteiger partial charge on any atom is 0.233 e. The molecule has 0 saturated heterocycles. The summed E-state index contributed by atoms with van der Waals surface area (Å²) in [5.74, 6) is 0.0438. The topological polar surface area (TPSA) is 58.4 Å². The molecular formula is C13H22ClN3O. The summed E-state index contributed by atoms with van der Waals surface area (Å²) in [5, 5.41) is 2.65. The molecule has 1 aromatic rings. The molecule has 0 atom stereocenters. The minimum absolute atomic E-state index is 0. The number of nitrogens with two attached hydrogens (primary N) is 1. The summed E-state index contributed by atoms with van der Waals surface area (Å²) >= 11 is 0. The number of hydrogen-bond acceptors (Lipinski definition) is 3. The molecule has 0 bridgehead atoms. The van der Waals surface area contributed by atoms with Crippen LogP contribution < -0.4 is 11.1 Å². The molecule has 102 valence electrons. The zero-order valence-electron chi connectivity index (χ0n) is 11.0. The van der Waals surface area contributed by atoms with Crippen LogP contribution in [0.4, 0.5) is 5.69 Å². The minimum Gasteiger partial charge on any atom is -0.399 e. The van der Waals surface area contributed by atoms with Gasteiger partial charge in [0.05, 0.1) is 6.54 Å². The van der Waals surface area contributed by atoms with Crippen LogP contribution in [0.25, 0.3) is 0 Å². The fraction of sp³-hybridized carbons (Fsp3) is 0.462. The second-order valence-corrected chi connectivity index (χ2v) is 4.13. The largest absolute Gasteiger partial charge is 0.399 e. The van der Waals surface area contributed by atoms with Crippen molar-refractivity contribution < 1.29 is 4.79 Å². The summed E-state index contributed by atoms with van der Waals surface area (Å²) in [7, 11) is 1.66. The Labute approximate surface area is 115 Å². The number of benzene rings is 1. The summed E-state index contributed by atoms with van der Waals surface area (Å²) in [4.78, 5) is 13.5. The Bertz CT molecular complexity index is 371. The van der Waals surface area contributed by atoms with Crippen LogP contribution in [0, 0.1) is 0 Å². The van der Waals surface area contributed by atoms with Crippen LogP contribution in [0.2, 0.25) is 0 Å². The van der Waals surface area contributed by atoms with Crippen LogP contribution in [-0.4, -0.2) is 30.9 Å². The number of nitrogens with zero attached hydrogens (tertiary/aromatic N) is 1. The van der Waals surface area contributed by atoms with E-state index in [0.29, 0.717) is 6.54 Å². The van der Waals surface area contributed by atoms with E-state index in [1.54, 1.807) is 7.05 Å². The van der Waals surface area contributed by atoms with Gasteiger partial charge in [-0.1, -0.05) is 19.1 Å². The first kappa shape index (κ1) is 16.7. The number of likely N-dealkylation sites (N-methyl/N-ethyl adjacent to an activating group) is 1. The van der Waals surface area contributed by atoms with Gasteiger partial charge in [0.15, 0.2) is 0 Å². The summed E-state index contributed by atoms with van der Waals surface area (Å²) in [5.41, 5.74) is 7.64. The van der Waals surface area contributed by atoms with E-state index in [4.69, 9.17) is 5.73 Å². The standard InChI is InChI=1S/C13H21N3O.ClH/c1-3-7-16(10-13(17)15-2)9-11-5-4-6-12(14)8-11;/h4-6,8H,3,7,9-10,14H2,1-2H3,(H,15,17);1H. The van der Waals surface area contributed by atoms with E-state index < -0.39 is 0 Å². The predicted molar refractivity (Wildman–Crippen MR) is 77.7 cm³/mol. The van der Waals surface area contributed by atoms with Crippen LogP contribution in [-0.2, 0) is 11.3 Å². The SMILES string of the molecule is CCCN(CC(=O)NC)Cc1cccc(N)c1.Cl. The van der Waals surface area contributed by atoms with Crippen LogP contribution in [0.3, 0.4) is 0 Å². The number of nitrogen functional groups attached to an aromatic ring is 1. The highest BCUT2D eigenvalue weighted by atomic mass is 35.5. The Hall–Kier alpha value is -1.26. The van der Waals surface area contributed by atoms with E-state index in [2.05, 4.69) is 17.1 Å². The number of nitrogens with one attached hydrogen (secondary N) is 1. The Morgan fingerprint density at radius 1 is 1.44 bits per heavy atom. The van der Waals surface area contributed by atoms with Crippen LogP contribution in [0.5, 0.6) is 0 Å².